The molecule has 0 unspecified atom stereocenters. The number of nitrogens with one attached hydrogen (secondary N) is 3. The first kappa shape index (κ1) is 23.1. The Morgan fingerprint density at radius 3 is 2.48 bits per heavy atom. The molecular formula is C22H24N6O5. The molecule has 11 heteroatoms. The normalized spacial score (nSPS) is 10.4. The molecule has 0 radical (unpaired) electrons. The van der Waals surface area contributed by atoms with Gasteiger partial charge < -0.3 is 30.8 Å². The molecule has 0 aliphatic heterocycles. The molecule has 0 saturated heterocycles. The number of anilines is 3. The minimum Gasteiger partial charge on any atom is -0.482 e. The van der Waals surface area contributed by atoms with E-state index in [0.717, 1.165) is 11.3 Å². The molecule has 0 spiro atoms. The van der Waals surface area contributed by atoms with Crippen LogP contribution in [0.25, 0.3) is 0 Å². The van der Waals surface area contributed by atoms with Crippen LogP contribution in [0.5, 0.6) is 5.75 Å². The number of carbonyl (C=O) groups is 3. The summed E-state index contributed by atoms with van der Waals surface area (Å²) < 4.78 is 5.10. The maximum absolute atomic E-state index is 12.5. The molecule has 0 fully saturated rings. The number of aromatic amines is 1. The highest BCUT2D eigenvalue weighted by molar-refractivity contribution is 6.04. The van der Waals surface area contributed by atoms with Gasteiger partial charge in [0.15, 0.2) is 12.3 Å². The van der Waals surface area contributed by atoms with Gasteiger partial charge in [0.05, 0.1) is 0 Å². The first-order valence-electron chi connectivity index (χ1n) is 9.89. The lowest BCUT2D eigenvalue weighted by Crippen LogP contribution is -2.22. The van der Waals surface area contributed by atoms with Gasteiger partial charge in [0.1, 0.15) is 17.4 Å². The number of aliphatic carboxylic acids is 1. The molecule has 33 heavy (non-hydrogen) atoms. The summed E-state index contributed by atoms with van der Waals surface area (Å²) in [6.45, 7) is -0.434. The van der Waals surface area contributed by atoms with Gasteiger partial charge in [0, 0.05) is 31.9 Å². The second-order valence-electron chi connectivity index (χ2n) is 7.30. The molecule has 3 aromatic rings. The standard InChI is InChI=1S/C22H24N6O5/c1-28(2)15-5-3-4-14(11-15)24-22(32)27-21-19(20(23)31)25-17(26-21)10-13-6-8-16(9-7-13)33-12-18(29)30/h3-9,11H,10,12H2,1-2H3,(H2,23,31)(H,25,26)(H,29,30)(H2,24,27,32). The quantitative estimate of drug-likeness (QED) is 0.332. The van der Waals surface area contributed by atoms with Crippen LogP contribution in [0.2, 0.25) is 0 Å². The average molecular weight is 452 g/mol. The number of carboxylic acids is 1. The maximum atomic E-state index is 12.5. The van der Waals surface area contributed by atoms with Crippen LogP contribution in [-0.4, -0.2) is 53.7 Å². The minimum atomic E-state index is -1.07. The zero-order valence-corrected chi connectivity index (χ0v) is 18.1. The largest absolute Gasteiger partial charge is 0.482 e. The number of carbonyl (C=O) groups excluding carboxylic acids is 2. The fraction of sp³-hybridized carbons (Fsp3) is 0.182. The second kappa shape index (κ2) is 10.2. The first-order chi connectivity index (χ1) is 15.7. The summed E-state index contributed by atoms with van der Waals surface area (Å²) in [5.74, 6) is -0.952. The van der Waals surface area contributed by atoms with Gasteiger partial charge in [-0.25, -0.2) is 14.6 Å². The van der Waals surface area contributed by atoms with Gasteiger partial charge in [-0.1, -0.05) is 18.2 Å². The fourth-order valence-corrected chi connectivity index (χ4v) is 2.95. The van der Waals surface area contributed by atoms with Gasteiger partial charge in [-0.05, 0) is 35.9 Å². The third-order valence-corrected chi connectivity index (χ3v) is 4.50. The van der Waals surface area contributed by atoms with Gasteiger partial charge in [-0.15, -0.1) is 0 Å². The van der Waals surface area contributed by atoms with E-state index in [1.165, 1.54) is 0 Å². The van der Waals surface area contributed by atoms with Gasteiger partial charge in [0.2, 0.25) is 0 Å². The lowest BCUT2D eigenvalue weighted by Gasteiger charge is -2.14. The number of imidazole rings is 1. The van der Waals surface area contributed by atoms with Crippen LogP contribution in [0, 0.1) is 0 Å². The van der Waals surface area contributed by atoms with Crippen LogP contribution in [0.4, 0.5) is 22.0 Å². The number of ether oxygens (including phenoxy) is 1. The molecule has 3 rings (SSSR count). The zero-order chi connectivity index (χ0) is 24.0. The fourth-order valence-electron chi connectivity index (χ4n) is 2.95. The average Bonchev–Trinajstić information content (AvgIpc) is 3.15. The molecule has 6 N–H and O–H groups in total. The van der Waals surface area contributed by atoms with E-state index < -0.39 is 24.5 Å². The monoisotopic (exact) mass is 452 g/mol. The molecule has 1 aromatic heterocycles. The highest BCUT2D eigenvalue weighted by Crippen LogP contribution is 2.20. The Balaban J connectivity index is 1.69. The molecule has 0 saturated carbocycles. The molecule has 1 heterocycles. The van der Waals surface area contributed by atoms with Crippen molar-refractivity contribution in [2.45, 2.75) is 6.42 Å². The van der Waals surface area contributed by atoms with E-state index >= 15 is 0 Å². The van der Waals surface area contributed by atoms with E-state index in [-0.39, 0.29) is 11.5 Å². The van der Waals surface area contributed by atoms with E-state index in [1.54, 1.807) is 36.4 Å². The van der Waals surface area contributed by atoms with E-state index in [9.17, 15) is 14.4 Å². The molecule has 3 amide bonds. The third kappa shape index (κ3) is 6.47. The molecular weight excluding hydrogens is 428 g/mol. The molecule has 0 aliphatic rings. The van der Waals surface area contributed by atoms with Crippen LogP contribution in [0.1, 0.15) is 21.9 Å². The minimum absolute atomic E-state index is 0.0835. The van der Waals surface area contributed by atoms with E-state index in [0.29, 0.717) is 23.7 Å². The van der Waals surface area contributed by atoms with Gasteiger partial charge >= 0.3 is 12.0 Å². The molecule has 2 aromatic carbocycles. The summed E-state index contributed by atoms with van der Waals surface area (Å²) in [5.41, 5.74) is 7.63. The van der Waals surface area contributed by atoms with Crippen molar-refractivity contribution in [2.75, 3.05) is 36.2 Å². The highest BCUT2D eigenvalue weighted by atomic mass is 16.5. The Hall–Kier alpha value is -4.54. The van der Waals surface area contributed by atoms with Crippen LogP contribution < -0.4 is 26.0 Å². The Morgan fingerprint density at radius 2 is 1.85 bits per heavy atom. The van der Waals surface area contributed by atoms with Crippen molar-refractivity contribution in [3.8, 4) is 5.75 Å². The molecule has 0 atom stereocenters. The molecule has 11 nitrogen and oxygen atoms in total. The summed E-state index contributed by atoms with van der Waals surface area (Å²) in [4.78, 5) is 43.9. The number of H-pyrrole nitrogens is 1. The number of hydrogen-bond acceptors (Lipinski definition) is 6. The van der Waals surface area contributed by atoms with Crippen molar-refractivity contribution in [1.82, 2.24) is 9.97 Å². The lowest BCUT2D eigenvalue weighted by atomic mass is 10.1. The number of aromatic nitrogens is 2. The SMILES string of the molecule is CN(C)c1cccc(NC(=O)Nc2[nH]c(Cc3ccc(OCC(=O)O)cc3)nc2C(N)=O)c1. The topological polar surface area (TPSA) is 163 Å². The van der Waals surface area contributed by atoms with E-state index in [2.05, 4.69) is 20.6 Å². The zero-order valence-electron chi connectivity index (χ0n) is 18.1. The Labute approximate surface area is 189 Å². The predicted molar refractivity (Wildman–Crippen MR) is 123 cm³/mol. The number of nitrogens with two attached hydrogens (primary N) is 1. The number of carboxylic acid groups (broad SMARTS) is 1. The van der Waals surface area contributed by atoms with Crippen molar-refractivity contribution in [3.63, 3.8) is 0 Å². The van der Waals surface area contributed by atoms with Crippen molar-refractivity contribution in [3.05, 3.63) is 65.6 Å². The van der Waals surface area contributed by atoms with Crippen LogP contribution in [0.15, 0.2) is 48.5 Å². The number of rotatable bonds is 9. The smallest absolute Gasteiger partial charge is 0.341 e. The van der Waals surface area contributed by atoms with Crippen molar-refractivity contribution in [2.24, 2.45) is 5.73 Å². The Bertz CT molecular complexity index is 1160. The van der Waals surface area contributed by atoms with Gasteiger partial charge in [-0.2, -0.15) is 0 Å². The number of hydrogen-bond donors (Lipinski definition) is 5. The second-order valence-corrected chi connectivity index (χ2v) is 7.30. The number of nitrogens with zero attached hydrogens (tertiary/aromatic N) is 2. The number of benzene rings is 2. The first-order valence-corrected chi connectivity index (χ1v) is 9.89. The predicted octanol–water partition coefficient (Wildman–Crippen LogP) is 2.27. The molecule has 0 aliphatic carbocycles. The Kier molecular flexibility index (Phi) is 7.13. The molecule has 172 valence electrons. The summed E-state index contributed by atoms with van der Waals surface area (Å²) in [6, 6.07) is 13.4. The molecule has 0 bridgehead atoms. The van der Waals surface area contributed by atoms with Crippen molar-refractivity contribution in [1.29, 1.82) is 0 Å². The van der Waals surface area contributed by atoms with Crippen molar-refractivity contribution >= 4 is 35.1 Å². The Morgan fingerprint density at radius 1 is 1.12 bits per heavy atom. The van der Waals surface area contributed by atoms with Crippen LogP contribution in [-0.2, 0) is 11.2 Å². The summed E-state index contributed by atoms with van der Waals surface area (Å²) in [6.07, 6.45) is 0.313. The van der Waals surface area contributed by atoms with Crippen LogP contribution in [0.3, 0.4) is 0 Å². The summed E-state index contributed by atoms with van der Waals surface area (Å²) in [5, 5.41) is 13.9. The highest BCUT2D eigenvalue weighted by Gasteiger charge is 2.18. The summed E-state index contributed by atoms with van der Waals surface area (Å²) >= 11 is 0. The summed E-state index contributed by atoms with van der Waals surface area (Å²) in [7, 11) is 3.78. The van der Waals surface area contributed by atoms with Gasteiger partial charge in [0.25, 0.3) is 5.91 Å². The van der Waals surface area contributed by atoms with E-state index in [1.807, 2.05) is 31.1 Å². The third-order valence-electron chi connectivity index (χ3n) is 4.50. The van der Waals surface area contributed by atoms with E-state index in [4.69, 9.17) is 15.6 Å². The number of urea groups is 1. The van der Waals surface area contributed by atoms with Crippen molar-refractivity contribution < 1.29 is 24.2 Å². The van der Waals surface area contributed by atoms with Gasteiger partial charge in [-0.3, -0.25) is 10.1 Å². The number of primary amides is 1. The maximum Gasteiger partial charge on any atom is 0.341 e. The lowest BCUT2D eigenvalue weighted by molar-refractivity contribution is -0.139. The van der Waals surface area contributed by atoms with Crippen LogP contribution >= 0.6 is 0 Å². The number of amides is 3.